The van der Waals surface area contributed by atoms with Gasteiger partial charge in [0.15, 0.2) is 16.2 Å². The van der Waals surface area contributed by atoms with Crippen molar-refractivity contribution in [2.45, 2.75) is 13.0 Å². The van der Waals surface area contributed by atoms with Crippen molar-refractivity contribution in [3.8, 4) is 11.5 Å². The third-order valence-corrected chi connectivity index (χ3v) is 3.51. The van der Waals surface area contributed by atoms with Gasteiger partial charge in [-0.05, 0) is 35.0 Å². The molecule has 0 saturated heterocycles. The van der Waals surface area contributed by atoms with Crippen molar-refractivity contribution in [1.82, 2.24) is 0 Å². The lowest BCUT2D eigenvalue weighted by molar-refractivity contribution is -0.384. The van der Waals surface area contributed by atoms with Crippen LogP contribution in [0.5, 0.6) is 11.5 Å². The highest BCUT2D eigenvalue weighted by Crippen LogP contribution is 2.41. The number of nitro groups is 1. The van der Waals surface area contributed by atoms with Crippen LogP contribution in [0.25, 0.3) is 0 Å². The summed E-state index contributed by atoms with van der Waals surface area (Å²) in [5, 5.41) is 14.2. The number of rotatable bonds is 4. The van der Waals surface area contributed by atoms with Gasteiger partial charge in [-0.1, -0.05) is 0 Å². The molecule has 2 heterocycles. The first-order valence-electron chi connectivity index (χ1n) is 6.14. The van der Waals surface area contributed by atoms with Gasteiger partial charge in [0, 0.05) is 6.07 Å². The van der Waals surface area contributed by atoms with E-state index < -0.39 is 4.92 Å². The average molecular weight is 355 g/mol. The van der Waals surface area contributed by atoms with Crippen LogP contribution >= 0.6 is 15.9 Å². The van der Waals surface area contributed by atoms with Crippen molar-refractivity contribution in [3.05, 3.63) is 44.8 Å². The Kier molecular flexibility index (Phi) is 3.46. The van der Waals surface area contributed by atoms with Crippen molar-refractivity contribution < 1.29 is 18.8 Å². The molecule has 0 amide bonds. The number of nitrogens with zero attached hydrogens (tertiary/aromatic N) is 1. The molecule has 21 heavy (non-hydrogen) atoms. The first-order chi connectivity index (χ1) is 10.0. The fourth-order valence-corrected chi connectivity index (χ4v) is 2.38. The standard InChI is InChI=1S/C13H11BrN2O5/c1-7(10-2-3-13(14)21-10)15-8-4-11-12(20-6-19-11)5-9(8)16(17)18/h2-5,7,15H,6H2,1H3. The van der Waals surface area contributed by atoms with Crippen molar-refractivity contribution >= 4 is 27.3 Å². The third kappa shape index (κ3) is 2.66. The number of hydrogen-bond acceptors (Lipinski definition) is 6. The number of hydrogen-bond donors (Lipinski definition) is 1. The molecule has 1 aliphatic heterocycles. The zero-order valence-corrected chi connectivity index (χ0v) is 12.5. The maximum atomic E-state index is 11.2. The lowest BCUT2D eigenvalue weighted by Crippen LogP contribution is -2.07. The number of anilines is 1. The van der Waals surface area contributed by atoms with Gasteiger partial charge in [-0.15, -0.1) is 0 Å². The maximum absolute atomic E-state index is 11.2. The monoisotopic (exact) mass is 354 g/mol. The first-order valence-corrected chi connectivity index (χ1v) is 6.93. The summed E-state index contributed by atoms with van der Waals surface area (Å²) in [6, 6.07) is 6.24. The van der Waals surface area contributed by atoms with Crippen LogP contribution < -0.4 is 14.8 Å². The highest BCUT2D eigenvalue weighted by molar-refractivity contribution is 9.10. The summed E-state index contributed by atoms with van der Waals surface area (Å²) in [5.74, 6) is 1.52. The molecule has 1 atom stereocenters. The Morgan fingerprint density at radius 2 is 2.05 bits per heavy atom. The highest BCUT2D eigenvalue weighted by Gasteiger charge is 2.24. The van der Waals surface area contributed by atoms with Gasteiger partial charge in [-0.2, -0.15) is 0 Å². The van der Waals surface area contributed by atoms with Gasteiger partial charge in [-0.25, -0.2) is 0 Å². The van der Waals surface area contributed by atoms with Crippen molar-refractivity contribution in [1.29, 1.82) is 0 Å². The van der Waals surface area contributed by atoms with Crippen LogP contribution in [0.2, 0.25) is 0 Å². The van der Waals surface area contributed by atoms with Gasteiger partial charge in [0.05, 0.1) is 17.0 Å². The summed E-state index contributed by atoms with van der Waals surface area (Å²) in [4.78, 5) is 10.7. The van der Waals surface area contributed by atoms with E-state index in [9.17, 15) is 10.1 Å². The molecule has 0 aliphatic carbocycles. The summed E-state index contributed by atoms with van der Waals surface area (Å²) < 4.78 is 16.4. The molecule has 1 aliphatic rings. The molecule has 110 valence electrons. The minimum absolute atomic E-state index is 0.0661. The maximum Gasteiger partial charge on any atom is 0.296 e. The molecule has 8 heteroatoms. The van der Waals surface area contributed by atoms with Gasteiger partial charge in [-0.3, -0.25) is 10.1 Å². The minimum Gasteiger partial charge on any atom is -0.454 e. The quantitative estimate of drug-likeness (QED) is 0.662. The van der Waals surface area contributed by atoms with Crippen molar-refractivity contribution in [2.24, 2.45) is 0 Å². The molecule has 1 aromatic carbocycles. The normalized spacial score (nSPS) is 14.0. The van der Waals surface area contributed by atoms with Crippen LogP contribution in [-0.4, -0.2) is 11.7 Å². The summed E-state index contributed by atoms with van der Waals surface area (Å²) in [7, 11) is 0. The van der Waals surface area contributed by atoms with E-state index in [0.717, 1.165) is 0 Å². The second kappa shape index (κ2) is 5.28. The number of nitrogens with one attached hydrogen (secondary N) is 1. The van der Waals surface area contributed by atoms with E-state index in [1.54, 1.807) is 18.2 Å². The SMILES string of the molecule is CC(Nc1cc2c(cc1[N+](=O)[O-])OCO2)c1ccc(Br)o1. The number of nitro benzene ring substituents is 1. The van der Waals surface area contributed by atoms with E-state index >= 15 is 0 Å². The molecule has 0 saturated carbocycles. The molecule has 2 aromatic rings. The van der Waals surface area contributed by atoms with Gasteiger partial charge in [0.2, 0.25) is 6.79 Å². The van der Waals surface area contributed by atoms with Crippen LogP contribution in [0.4, 0.5) is 11.4 Å². The minimum atomic E-state index is -0.463. The molecule has 7 nitrogen and oxygen atoms in total. The average Bonchev–Trinajstić information content (AvgIpc) is 3.05. The fourth-order valence-electron chi connectivity index (χ4n) is 2.06. The molecule has 0 fully saturated rings. The van der Waals surface area contributed by atoms with Crippen molar-refractivity contribution in [3.63, 3.8) is 0 Å². The van der Waals surface area contributed by atoms with Gasteiger partial charge in [0.1, 0.15) is 11.4 Å². The topological polar surface area (TPSA) is 86.8 Å². The van der Waals surface area contributed by atoms with E-state index in [2.05, 4.69) is 21.2 Å². The summed E-state index contributed by atoms with van der Waals surface area (Å²) in [5.41, 5.74) is 0.279. The fraction of sp³-hybridized carbons (Fsp3) is 0.231. The second-order valence-corrected chi connectivity index (χ2v) is 5.27. The lowest BCUT2D eigenvalue weighted by atomic mass is 10.2. The third-order valence-electron chi connectivity index (χ3n) is 3.08. The van der Waals surface area contributed by atoms with Crippen LogP contribution in [0.15, 0.2) is 33.4 Å². The second-order valence-electron chi connectivity index (χ2n) is 4.49. The van der Waals surface area contributed by atoms with E-state index in [-0.39, 0.29) is 18.5 Å². The molecular weight excluding hydrogens is 344 g/mol. The number of benzene rings is 1. The Balaban J connectivity index is 1.92. The largest absolute Gasteiger partial charge is 0.454 e. The molecule has 1 unspecified atom stereocenters. The highest BCUT2D eigenvalue weighted by atomic mass is 79.9. The Hall–Kier alpha value is -2.22. The van der Waals surface area contributed by atoms with E-state index in [1.807, 2.05) is 6.92 Å². The molecule has 1 N–H and O–H groups in total. The zero-order valence-electron chi connectivity index (χ0n) is 11.0. The van der Waals surface area contributed by atoms with Crippen molar-refractivity contribution in [2.75, 3.05) is 12.1 Å². The predicted octanol–water partition coefficient (Wildman–Crippen LogP) is 3.85. The van der Waals surface area contributed by atoms with E-state index in [1.165, 1.54) is 6.07 Å². The smallest absolute Gasteiger partial charge is 0.296 e. The van der Waals surface area contributed by atoms with Crippen LogP contribution in [-0.2, 0) is 0 Å². The number of ether oxygens (including phenoxy) is 2. The number of furan rings is 1. The van der Waals surface area contributed by atoms with Gasteiger partial charge >= 0.3 is 0 Å². The Labute approximate surface area is 128 Å². The molecule has 0 bridgehead atoms. The van der Waals surface area contributed by atoms with Gasteiger partial charge in [0.25, 0.3) is 5.69 Å². The summed E-state index contributed by atoms with van der Waals surface area (Å²) >= 11 is 3.22. The Bertz CT molecular complexity index is 700. The molecule has 0 spiro atoms. The zero-order chi connectivity index (χ0) is 15.0. The lowest BCUT2D eigenvalue weighted by Gasteiger charge is -2.13. The molecular formula is C13H11BrN2O5. The van der Waals surface area contributed by atoms with Crippen LogP contribution in [0.3, 0.4) is 0 Å². The molecule has 1 aromatic heterocycles. The Morgan fingerprint density at radius 3 is 2.67 bits per heavy atom. The molecule has 3 rings (SSSR count). The Morgan fingerprint density at radius 1 is 1.33 bits per heavy atom. The summed E-state index contributed by atoms with van der Waals surface area (Å²) in [6.07, 6.45) is 0. The first kappa shape index (κ1) is 13.7. The summed E-state index contributed by atoms with van der Waals surface area (Å²) in [6.45, 7) is 1.91. The van der Waals surface area contributed by atoms with Gasteiger partial charge < -0.3 is 19.2 Å². The van der Waals surface area contributed by atoms with E-state index in [4.69, 9.17) is 13.9 Å². The number of fused-ring (bicyclic) bond motifs is 1. The van der Waals surface area contributed by atoms with Crippen LogP contribution in [0.1, 0.15) is 18.7 Å². The predicted molar refractivity (Wildman–Crippen MR) is 77.7 cm³/mol. The number of halogens is 1. The van der Waals surface area contributed by atoms with E-state index in [0.29, 0.717) is 27.6 Å². The van der Waals surface area contributed by atoms with Crippen LogP contribution in [0, 0.1) is 10.1 Å². The molecule has 0 radical (unpaired) electrons.